The monoisotopic (exact) mass is 384 g/mol. The summed E-state index contributed by atoms with van der Waals surface area (Å²) in [4.78, 5) is 23.9. The van der Waals surface area contributed by atoms with Gasteiger partial charge in [-0.25, -0.2) is 9.97 Å². The molecule has 0 radical (unpaired) electrons. The molecular formula is C21H28N4OS. The van der Waals surface area contributed by atoms with E-state index in [1.165, 1.54) is 12.8 Å². The molecule has 1 amide bonds. The SMILES string of the molecule is CCNC(=O)c1cccc(CSc2nc(C(C)C)cc(N3CCCC3)n2)c1. The highest BCUT2D eigenvalue weighted by Gasteiger charge is 2.17. The van der Waals surface area contributed by atoms with Gasteiger partial charge in [0.1, 0.15) is 5.82 Å². The number of carbonyl (C=O) groups excluding carboxylic acids is 1. The Labute approximate surface area is 166 Å². The molecule has 0 bridgehead atoms. The Balaban J connectivity index is 1.75. The lowest BCUT2D eigenvalue weighted by atomic mass is 10.1. The van der Waals surface area contributed by atoms with Crippen LogP contribution in [0.25, 0.3) is 0 Å². The zero-order chi connectivity index (χ0) is 19.2. The quantitative estimate of drug-likeness (QED) is 0.571. The highest BCUT2D eigenvalue weighted by molar-refractivity contribution is 7.98. The highest BCUT2D eigenvalue weighted by atomic mass is 32.2. The van der Waals surface area contributed by atoms with E-state index >= 15 is 0 Å². The van der Waals surface area contributed by atoms with Crippen LogP contribution in [0.5, 0.6) is 0 Å². The van der Waals surface area contributed by atoms with Gasteiger partial charge in [-0.15, -0.1) is 0 Å². The number of nitrogens with one attached hydrogen (secondary N) is 1. The van der Waals surface area contributed by atoms with Crippen LogP contribution >= 0.6 is 11.8 Å². The molecule has 27 heavy (non-hydrogen) atoms. The Morgan fingerprint density at radius 1 is 1.22 bits per heavy atom. The smallest absolute Gasteiger partial charge is 0.251 e. The van der Waals surface area contributed by atoms with E-state index in [-0.39, 0.29) is 5.91 Å². The van der Waals surface area contributed by atoms with Crippen molar-refractivity contribution in [3.05, 3.63) is 47.2 Å². The van der Waals surface area contributed by atoms with Crippen molar-refractivity contribution in [3.8, 4) is 0 Å². The van der Waals surface area contributed by atoms with E-state index in [0.717, 1.165) is 41.1 Å². The number of anilines is 1. The topological polar surface area (TPSA) is 58.1 Å². The first-order valence-electron chi connectivity index (χ1n) is 9.70. The lowest BCUT2D eigenvalue weighted by Gasteiger charge is -2.18. The summed E-state index contributed by atoms with van der Waals surface area (Å²) in [5, 5.41) is 3.66. The molecule has 5 nitrogen and oxygen atoms in total. The summed E-state index contributed by atoms with van der Waals surface area (Å²) >= 11 is 1.63. The van der Waals surface area contributed by atoms with Crippen LogP contribution < -0.4 is 10.2 Å². The van der Waals surface area contributed by atoms with Crippen LogP contribution in [0.1, 0.15) is 61.1 Å². The van der Waals surface area contributed by atoms with Gasteiger partial charge < -0.3 is 10.2 Å². The summed E-state index contributed by atoms with van der Waals surface area (Å²) in [6, 6.07) is 9.91. The van der Waals surface area contributed by atoms with Crippen LogP contribution in [0.3, 0.4) is 0 Å². The number of benzene rings is 1. The van der Waals surface area contributed by atoms with Crippen molar-refractivity contribution >= 4 is 23.5 Å². The highest BCUT2D eigenvalue weighted by Crippen LogP contribution is 2.27. The summed E-state index contributed by atoms with van der Waals surface area (Å²) < 4.78 is 0. The predicted octanol–water partition coefficient (Wildman–Crippen LogP) is 4.24. The lowest BCUT2D eigenvalue weighted by molar-refractivity contribution is 0.0955. The van der Waals surface area contributed by atoms with Gasteiger partial charge in [0.15, 0.2) is 5.16 Å². The molecule has 1 saturated heterocycles. The number of aromatic nitrogens is 2. The summed E-state index contributed by atoms with van der Waals surface area (Å²) in [5.41, 5.74) is 2.89. The Morgan fingerprint density at radius 3 is 2.70 bits per heavy atom. The Hall–Kier alpha value is -2.08. The Kier molecular flexibility index (Phi) is 6.72. The van der Waals surface area contributed by atoms with Crippen LogP contribution in [-0.4, -0.2) is 35.5 Å². The number of nitrogens with zero attached hydrogens (tertiary/aromatic N) is 3. The molecule has 2 heterocycles. The first kappa shape index (κ1) is 19.7. The molecule has 2 aromatic rings. The molecule has 144 valence electrons. The average Bonchev–Trinajstić information content (AvgIpc) is 3.21. The number of hydrogen-bond acceptors (Lipinski definition) is 5. The van der Waals surface area contributed by atoms with Crippen molar-refractivity contribution in [3.63, 3.8) is 0 Å². The maximum atomic E-state index is 12.0. The third-order valence-electron chi connectivity index (χ3n) is 4.63. The Morgan fingerprint density at radius 2 is 2.00 bits per heavy atom. The number of rotatable bonds is 7. The zero-order valence-corrected chi connectivity index (χ0v) is 17.2. The van der Waals surface area contributed by atoms with Gasteiger partial charge in [-0.2, -0.15) is 0 Å². The predicted molar refractivity (Wildman–Crippen MR) is 112 cm³/mol. The van der Waals surface area contributed by atoms with Crippen molar-refractivity contribution in [2.45, 2.75) is 50.4 Å². The van der Waals surface area contributed by atoms with E-state index in [0.29, 0.717) is 18.0 Å². The molecule has 0 unspecified atom stereocenters. The first-order chi connectivity index (χ1) is 13.1. The third kappa shape index (κ3) is 5.22. The molecular weight excluding hydrogens is 356 g/mol. The summed E-state index contributed by atoms with van der Waals surface area (Å²) in [6.45, 7) is 9.04. The summed E-state index contributed by atoms with van der Waals surface area (Å²) in [6.07, 6.45) is 2.46. The summed E-state index contributed by atoms with van der Waals surface area (Å²) in [5.74, 6) is 2.13. The molecule has 0 spiro atoms. The number of hydrogen-bond donors (Lipinski definition) is 1. The fraction of sp³-hybridized carbons (Fsp3) is 0.476. The normalized spacial score (nSPS) is 14.0. The molecule has 1 fully saturated rings. The van der Waals surface area contributed by atoms with Crippen LogP contribution in [0, 0.1) is 0 Å². The fourth-order valence-electron chi connectivity index (χ4n) is 3.11. The van der Waals surface area contributed by atoms with Gasteiger partial charge in [-0.1, -0.05) is 37.7 Å². The van der Waals surface area contributed by atoms with Gasteiger partial charge in [0.2, 0.25) is 0 Å². The van der Waals surface area contributed by atoms with E-state index in [9.17, 15) is 4.79 Å². The zero-order valence-electron chi connectivity index (χ0n) is 16.4. The van der Waals surface area contributed by atoms with E-state index in [4.69, 9.17) is 9.97 Å². The molecule has 0 atom stereocenters. The molecule has 3 rings (SSSR count). The van der Waals surface area contributed by atoms with Crippen LogP contribution in [-0.2, 0) is 5.75 Å². The van der Waals surface area contributed by atoms with E-state index in [1.807, 2.05) is 31.2 Å². The molecule has 0 aliphatic carbocycles. The molecule has 1 N–H and O–H groups in total. The van der Waals surface area contributed by atoms with Gasteiger partial charge in [0.05, 0.1) is 0 Å². The second kappa shape index (κ2) is 9.22. The van der Waals surface area contributed by atoms with Gasteiger partial charge in [0.25, 0.3) is 5.91 Å². The maximum Gasteiger partial charge on any atom is 0.251 e. The minimum Gasteiger partial charge on any atom is -0.356 e. The van der Waals surface area contributed by atoms with Crippen LogP contribution in [0.4, 0.5) is 5.82 Å². The van der Waals surface area contributed by atoms with Crippen molar-refractivity contribution in [2.24, 2.45) is 0 Å². The second-order valence-corrected chi connectivity index (χ2v) is 8.07. The largest absolute Gasteiger partial charge is 0.356 e. The Bertz CT molecular complexity index is 788. The van der Waals surface area contributed by atoms with Gasteiger partial charge in [0, 0.05) is 42.7 Å². The number of thioether (sulfide) groups is 1. The minimum absolute atomic E-state index is 0.0290. The third-order valence-corrected chi connectivity index (χ3v) is 5.55. The standard InChI is InChI=1S/C21H28N4OS/c1-4-22-20(26)17-9-7-8-16(12-17)14-27-21-23-18(15(2)3)13-19(24-21)25-10-5-6-11-25/h7-9,12-13,15H,4-6,10-11,14H2,1-3H3,(H,22,26). The lowest BCUT2D eigenvalue weighted by Crippen LogP contribution is -2.22. The minimum atomic E-state index is -0.0290. The van der Waals surface area contributed by atoms with Crippen molar-refractivity contribution in [1.29, 1.82) is 0 Å². The van der Waals surface area contributed by atoms with E-state index in [2.05, 4.69) is 30.1 Å². The van der Waals surface area contributed by atoms with Gasteiger partial charge in [-0.05, 0) is 43.4 Å². The molecule has 0 saturated carbocycles. The van der Waals surface area contributed by atoms with Crippen LogP contribution in [0.15, 0.2) is 35.5 Å². The molecule has 1 aromatic heterocycles. The molecule has 6 heteroatoms. The summed E-state index contributed by atoms with van der Waals surface area (Å²) in [7, 11) is 0. The van der Waals surface area contributed by atoms with Crippen LogP contribution in [0.2, 0.25) is 0 Å². The van der Waals surface area contributed by atoms with Crippen molar-refractivity contribution in [1.82, 2.24) is 15.3 Å². The molecule has 1 aromatic carbocycles. The van der Waals surface area contributed by atoms with Gasteiger partial charge >= 0.3 is 0 Å². The molecule has 1 aliphatic rings. The second-order valence-electron chi connectivity index (χ2n) is 7.13. The molecule has 1 aliphatic heterocycles. The fourth-order valence-corrected chi connectivity index (χ4v) is 3.92. The van der Waals surface area contributed by atoms with E-state index in [1.54, 1.807) is 11.8 Å². The maximum absolute atomic E-state index is 12.0. The van der Waals surface area contributed by atoms with Crippen molar-refractivity contribution in [2.75, 3.05) is 24.5 Å². The number of amides is 1. The number of carbonyl (C=O) groups is 1. The first-order valence-corrected chi connectivity index (χ1v) is 10.7. The average molecular weight is 385 g/mol. The van der Waals surface area contributed by atoms with E-state index < -0.39 is 0 Å². The van der Waals surface area contributed by atoms with Gasteiger partial charge in [-0.3, -0.25) is 4.79 Å². The van der Waals surface area contributed by atoms with Crippen molar-refractivity contribution < 1.29 is 4.79 Å².